The summed E-state index contributed by atoms with van der Waals surface area (Å²) in [4.78, 5) is 4.50. The lowest BCUT2D eigenvalue weighted by molar-refractivity contribution is 0.470. The number of hydrazone groups is 1. The van der Waals surface area contributed by atoms with Crippen LogP contribution in [0.15, 0.2) is 52.9 Å². The molecule has 0 spiro atoms. The van der Waals surface area contributed by atoms with Crippen LogP contribution in [0.1, 0.15) is 11.1 Å². The molecule has 2 N–H and O–H groups in total. The van der Waals surface area contributed by atoms with E-state index < -0.39 is 0 Å². The van der Waals surface area contributed by atoms with Crippen molar-refractivity contribution in [2.24, 2.45) is 5.10 Å². The van der Waals surface area contributed by atoms with Crippen molar-refractivity contribution in [1.82, 2.24) is 4.98 Å². The number of phenols is 1. The van der Waals surface area contributed by atoms with Crippen molar-refractivity contribution < 1.29 is 5.11 Å². The Labute approximate surface area is 152 Å². The van der Waals surface area contributed by atoms with Gasteiger partial charge in [0.15, 0.2) is 0 Å². The Morgan fingerprint density at radius 2 is 2.04 bits per heavy atom. The Bertz CT molecular complexity index is 846. The first-order valence-electron chi connectivity index (χ1n) is 6.92. The van der Waals surface area contributed by atoms with E-state index in [4.69, 9.17) is 0 Å². The molecule has 0 atom stereocenters. The molecule has 0 saturated carbocycles. The first kappa shape index (κ1) is 15.9. The van der Waals surface area contributed by atoms with E-state index >= 15 is 0 Å². The molecule has 0 aliphatic carbocycles. The van der Waals surface area contributed by atoms with Crippen LogP contribution < -0.4 is 5.43 Å². The summed E-state index contributed by atoms with van der Waals surface area (Å²) in [6.07, 6.45) is 1.61. The quantitative estimate of drug-likeness (QED) is 0.349. The van der Waals surface area contributed by atoms with Gasteiger partial charge in [0.05, 0.1) is 11.9 Å². The first-order valence-corrected chi connectivity index (χ1v) is 8.88. The van der Waals surface area contributed by atoms with E-state index in [9.17, 15) is 5.11 Å². The monoisotopic (exact) mass is 435 g/mol. The molecule has 4 nitrogen and oxygen atoms in total. The molecule has 1 aromatic heterocycles. The van der Waals surface area contributed by atoms with Gasteiger partial charge in [-0.1, -0.05) is 30.3 Å². The standard InChI is InChI=1S/C17H14IN3OS/c1-11-7-14(18)8-13(16(11)22)9-19-21-17-20-15(10-23-17)12-5-3-2-4-6-12/h2-10,22H,1H3,(H,20,21). The molecule has 3 rings (SSSR count). The van der Waals surface area contributed by atoms with Crippen LogP contribution in [0.5, 0.6) is 5.75 Å². The number of aromatic nitrogens is 1. The van der Waals surface area contributed by atoms with E-state index in [0.717, 1.165) is 20.4 Å². The van der Waals surface area contributed by atoms with Crippen LogP contribution in [0.2, 0.25) is 0 Å². The fourth-order valence-electron chi connectivity index (χ4n) is 2.08. The number of rotatable bonds is 4. The molecule has 0 saturated heterocycles. The maximum absolute atomic E-state index is 10.0. The number of hydrogen-bond acceptors (Lipinski definition) is 5. The highest BCUT2D eigenvalue weighted by Crippen LogP contribution is 2.25. The van der Waals surface area contributed by atoms with E-state index in [0.29, 0.717) is 10.7 Å². The number of thiazole rings is 1. The smallest absolute Gasteiger partial charge is 0.203 e. The summed E-state index contributed by atoms with van der Waals surface area (Å²) in [5, 5.41) is 16.9. The van der Waals surface area contributed by atoms with Crippen molar-refractivity contribution in [3.8, 4) is 17.0 Å². The van der Waals surface area contributed by atoms with E-state index in [1.165, 1.54) is 11.3 Å². The molecule has 23 heavy (non-hydrogen) atoms. The van der Waals surface area contributed by atoms with Gasteiger partial charge in [-0.2, -0.15) is 5.10 Å². The highest BCUT2D eigenvalue weighted by atomic mass is 127. The second-order valence-corrected chi connectivity index (χ2v) is 7.04. The highest BCUT2D eigenvalue weighted by Gasteiger charge is 2.05. The van der Waals surface area contributed by atoms with E-state index in [2.05, 4.69) is 38.1 Å². The fraction of sp³-hybridized carbons (Fsp3) is 0.0588. The number of hydrogen-bond donors (Lipinski definition) is 2. The minimum atomic E-state index is 0.250. The Kier molecular flexibility index (Phi) is 4.92. The van der Waals surface area contributed by atoms with Crippen molar-refractivity contribution >= 4 is 45.3 Å². The number of nitrogens with one attached hydrogen (secondary N) is 1. The Morgan fingerprint density at radius 1 is 1.26 bits per heavy atom. The first-order chi connectivity index (χ1) is 11.1. The summed E-state index contributed by atoms with van der Waals surface area (Å²) in [7, 11) is 0. The number of aromatic hydroxyl groups is 1. The average Bonchev–Trinajstić information content (AvgIpc) is 3.02. The molecule has 1 heterocycles. The van der Waals surface area contributed by atoms with Crippen LogP contribution >= 0.6 is 33.9 Å². The molecule has 0 aliphatic heterocycles. The van der Waals surface area contributed by atoms with Crippen molar-refractivity contribution in [2.75, 3.05) is 5.43 Å². The minimum Gasteiger partial charge on any atom is -0.507 e. The average molecular weight is 435 g/mol. The molecule has 3 aromatic rings. The predicted molar refractivity (Wildman–Crippen MR) is 104 cm³/mol. The molecule has 0 unspecified atom stereocenters. The number of halogens is 1. The minimum absolute atomic E-state index is 0.250. The van der Waals surface area contributed by atoms with Crippen molar-refractivity contribution in [3.05, 3.63) is 62.5 Å². The third-order valence-electron chi connectivity index (χ3n) is 3.23. The predicted octanol–water partition coefficient (Wildman–Crippen LogP) is 4.87. The second-order valence-electron chi connectivity index (χ2n) is 4.93. The van der Waals surface area contributed by atoms with Crippen LogP contribution in [0, 0.1) is 10.5 Å². The zero-order valence-electron chi connectivity index (χ0n) is 12.3. The van der Waals surface area contributed by atoms with Gasteiger partial charge in [-0.3, -0.25) is 5.43 Å². The molecule has 0 amide bonds. The molecular formula is C17H14IN3OS. The lowest BCUT2D eigenvalue weighted by Crippen LogP contribution is -1.92. The largest absolute Gasteiger partial charge is 0.507 e. The van der Waals surface area contributed by atoms with Gasteiger partial charge in [-0.25, -0.2) is 4.98 Å². The lowest BCUT2D eigenvalue weighted by atomic mass is 10.1. The fourth-order valence-corrected chi connectivity index (χ4v) is 3.55. The van der Waals surface area contributed by atoms with Gasteiger partial charge in [0.2, 0.25) is 5.13 Å². The van der Waals surface area contributed by atoms with E-state index in [1.54, 1.807) is 6.21 Å². The molecule has 0 radical (unpaired) electrons. The van der Waals surface area contributed by atoms with E-state index in [1.807, 2.05) is 54.8 Å². The molecule has 6 heteroatoms. The summed E-state index contributed by atoms with van der Waals surface area (Å²) in [5.74, 6) is 0.250. The summed E-state index contributed by atoms with van der Waals surface area (Å²) < 4.78 is 1.06. The zero-order chi connectivity index (χ0) is 16.2. The van der Waals surface area contributed by atoms with Crippen LogP contribution in [0.4, 0.5) is 5.13 Å². The topological polar surface area (TPSA) is 57.5 Å². The third kappa shape index (κ3) is 3.89. The van der Waals surface area contributed by atoms with Crippen LogP contribution in [-0.4, -0.2) is 16.3 Å². The molecular weight excluding hydrogens is 421 g/mol. The Balaban J connectivity index is 1.73. The van der Waals surface area contributed by atoms with Crippen LogP contribution in [-0.2, 0) is 0 Å². The molecule has 116 valence electrons. The summed E-state index contributed by atoms with van der Waals surface area (Å²) in [5.41, 5.74) is 6.42. The summed E-state index contributed by atoms with van der Waals surface area (Å²) >= 11 is 3.71. The Morgan fingerprint density at radius 3 is 2.83 bits per heavy atom. The van der Waals surface area contributed by atoms with Crippen LogP contribution in [0.25, 0.3) is 11.3 Å². The van der Waals surface area contributed by atoms with Gasteiger partial charge in [-0.05, 0) is 47.2 Å². The van der Waals surface area contributed by atoms with Crippen molar-refractivity contribution in [3.63, 3.8) is 0 Å². The maximum atomic E-state index is 10.0. The molecule has 0 aliphatic rings. The van der Waals surface area contributed by atoms with Gasteiger partial charge in [0.1, 0.15) is 5.75 Å². The number of benzene rings is 2. The Hall–Kier alpha value is -1.93. The number of phenolic OH excluding ortho intramolecular Hbond substituents is 1. The van der Waals surface area contributed by atoms with Crippen molar-refractivity contribution in [2.45, 2.75) is 6.92 Å². The molecule has 0 fully saturated rings. The molecule has 0 bridgehead atoms. The van der Waals surface area contributed by atoms with Gasteiger partial charge in [0.25, 0.3) is 0 Å². The van der Waals surface area contributed by atoms with Gasteiger partial charge >= 0.3 is 0 Å². The zero-order valence-corrected chi connectivity index (χ0v) is 15.3. The lowest BCUT2D eigenvalue weighted by Gasteiger charge is -2.03. The number of anilines is 1. The van der Waals surface area contributed by atoms with Crippen molar-refractivity contribution in [1.29, 1.82) is 0 Å². The van der Waals surface area contributed by atoms with E-state index in [-0.39, 0.29) is 5.75 Å². The second kappa shape index (κ2) is 7.10. The number of aryl methyl sites for hydroxylation is 1. The maximum Gasteiger partial charge on any atom is 0.203 e. The molecule has 2 aromatic carbocycles. The van der Waals surface area contributed by atoms with Gasteiger partial charge < -0.3 is 5.11 Å². The summed E-state index contributed by atoms with van der Waals surface area (Å²) in [6, 6.07) is 13.8. The SMILES string of the molecule is Cc1cc(I)cc(C=NNc2nc(-c3ccccc3)cs2)c1O. The van der Waals surface area contributed by atoms with Crippen LogP contribution in [0.3, 0.4) is 0 Å². The highest BCUT2D eigenvalue weighted by molar-refractivity contribution is 14.1. The van der Waals surface area contributed by atoms with Gasteiger partial charge in [-0.15, -0.1) is 11.3 Å². The summed E-state index contributed by atoms with van der Waals surface area (Å²) in [6.45, 7) is 1.87. The normalized spacial score (nSPS) is 11.0. The third-order valence-corrected chi connectivity index (χ3v) is 4.60. The van der Waals surface area contributed by atoms with Gasteiger partial charge in [0, 0.05) is 20.1 Å². The number of nitrogens with zero attached hydrogens (tertiary/aromatic N) is 2.